The number of allylic oxidation sites excluding steroid dienone is 4. The summed E-state index contributed by atoms with van der Waals surface area (Å²) in [5.41, 5.74) is 0. The maximum Gasteiger partial charge on any atom is 0.180 e. The highest BCUT2D eigenvalue weighted by atomic mass is 79.9. The maximum absolute atomic E-state index is 11.0. The Morgan fingerprint density at radius 3 is 2.80 bits per heavy atom. The van der Waals surface area contributed by atoms with Gasteiger partial charge in [0.2, 0.25) is 0 Å². The molecule has 0 spiro atoms. The molecule has 0 aromatic rings. The third kappa shape index (κ3) is 1.50. The van der Waals surface area contributed by atoms with E-state index < -0.39 is 0 Å². The molecule has 1 rings (SSSR count). The van der Waals surface area contributed by atoms with Gasteiger partial charge in [0.05, 0.1) is 5.03 Å². The Balaban J connectivity index is 2.95. The fraction of sp³-hybridized carbons (Fsp3) is 0.286. The SMILES string of the molecule is CC1C=C(Br)C=C(Cl)C1=O. The number of halogens is 2. The molecule has 3 heteroatoms. The molecule has 0 aromatic heterocycles. The molecule has 10 heavy (non-hydrogen) atoms. The van der Waals surface area contributed by atoms with Gasteiger partial charge in [0.15, 0.2) is 5.78 Å². The minimum Gasteiger partial charge on any atom is -0.293 e. The average molecular weight is 221 g/mol. The Morgan fingerprint density at radius 2 is 2.30 bits per heavy atom. The van der Waals surface area contributed by atoms with Crippen LogP contribution in [0.15, 0.2) is 21.7 Å². The lowest BCUT2D eigenvalue weighted by molar-refractivity contribution is -0.117. The summed E-state index contributed by atoms with van der Waals surface area (Å²) in [6.45, 7) is 1.82. The smallest absolute Gasteiger partial charge is 0.180 e. The van der Waals surface area contributed by atoms with Gasteiger partial charge in [0, 0.05) is 10.4 Å². The summed E-state index contributed by atoms with van der Waals surface area (Å²) in [6.07, 6.45) is 3.44. The molecule has 1 atom stereocenters. The second-order valence-electron chi connectivity index (χ2n) is 2.20. The molecule has 0 heterocycles. The van der Waals surface area contributed by atoms with Gasteiger partial charge in [-0.05, 0) is 6.08 Å². The fourth-order valence-electron chi connectivity index (χ4n) is 0.772. The molecular formula is C7H6BrClO. The Bertz CT molecular complexity index is 230. The second-order valence-corrected chi connectivity index (χ2v) is 3.52. The average Bonchev–Trinajstić information content (AvgIpc) is 1.82. The lowest BCUT2D eigenvalue weighted by Crippen LogP contribution is -2.11. The fourth-order valence-corrected chi connectivity index (χ4v) is 1.82. The Morgan fingerprint density at radius 1 is 1.70 bits per heavy atom. The minimum atomic E-state index is -0.0909. The van der Waals surface area contributed by atoms with Crippen LogP contribution < -0.4 is 0 Å². The van der Waals surface area contributed by atoms with Crippen LogP contribution in [0.1, 0.15) is 6.92 Å². The van der Waals surface area contributed by atoms with Crippen LogP contribution in [-0.4, -0.2) is 5.78 Å². The van der Waals surface area contributed by atoms with Crippen molar-refractivity contribution in [2.45, 2.75) is 6.92 Å². The van der Waals surface area contributed by atoms with Gasteiger partial charge in [0.1, 0.15) is 0 Å². The largest absolute Gasteiger partial charge is 0.293 e. The lowest BCUT2D eigenvalue weighted by atomic mass is 10.0. The van der Waals surface area contributed by atoms with E-state index in [1.807, 2.05) is 13.0 Å². The van der Waals surface area contributed by atoms with Crippen molar-refractivity contribution in [3.63, 3.8) is 0 Å². The summed E-state index contributed by atoms with van der Waals surface area (Å²) >= 11 is 8.84. The molecule has 1 aliphatic rings. The van der Waals surface area contributed by atoms with Gasteiger partial charge in [0.25, 0.3) is 0 Å². The predicted octanol–water partition coefficient (Wildman–Crippen LogP) is 2.61. The molecule has 1 unspecified atom stereocenters. The molecular weight excluding hydrogens is 215 g/mol. The van der Waals surface area contributed by atoms with Crippen LogP contribution in [0.5, 0.6) is 0 Å². The van der Waals surface area contributed by atoms with Crippen molar-refractivity contribution < 1.29 is 4.79 Å². The van der Waals surface area contributed by atoms with Crippen molar-refractivity contribution in [2.24, 2.45) is 5.92 Å². The van der Waals surface area contributed by atoms with Crippen LogP contribution in [0.4, 0.5) is 0 Å². The van der Waals surface area contributed by atoms with Gasteiger partial charge in [-0.15, -0.1) is 0 Å². The zero-order chi connectivity index (χ0) is 7.72. The van der Waals surface area contributed by atoms with Crippen molar-refractivity contribution in [3.8, 4) is 0 Å². The highest BCUT2D eigenvalue weighted by Crippen LogP contribution is 2.24. The van der Waals surface area contributed by atoms with Crippen LogP contribution in [0.3, 0.4) is 0 Å². The molecule has 0 saturated carbocycles. The number of hydrogen-bond donors (Lipinski definition) is 0. The van der Waals surface area contributed by atoms with Crippen LogP contribution >= 0.6 is 27.5 Å². The quantitative estimate of drug-likeness (QED) is 0.614. The molecule has 0 amide bonds. The molecule has 0 saturated heterocycles. The van der Waals surface area contributed by atoms with E-state index in [4.69, 9.17) is 11.6 Å². The van der Waals surface area contributed by atoms with E-state index in [1.165, 1.54) is 0 Å². The first-order valence-electron chi connectivity index (χ1n) is 2.90. The standard InChI is InChI=1S/C7H6BrClO/c1-4-2-5(8)3-6(9)7(4)10/h2-4H,1H3. The summed E-state index contributed by atoms with van der Waals surface area (Å²) in [6, 6.07) is 0. The normalized spacial score (nSPS) is 25.9. The van der Waals surface area contributed by atoms with Gasteiger partial charge >= 0.3 is 0 Å². The molecule has 0 aliphatic heterocycles. The third-order valence-electron chi connectivity index (χ3n) is 1.32. The van der Waals surface area contributed by atoms with Crippen molar-refractivity contribution in [3.05, 3.63) is 21.7 Å². The number of hydrogen-bond acceptors (Lipinski definition) is 1. The predicted molar refractivity (Wildman–Crippen MR) is 45.1 cm³/mol. The van der Waals surface area contributed by atoms with Gasteiger partial charge in [-0.3, -0.25) is 4.79 Å². The molecule has 1 aliphatic carbocycles. The van der Waals surface area contributed by atoms with E-state index in [1.54, 1.807) is 6.08 Å². The molecule has 1 nitrogen and oxygen atoms in total. The van der Waals surface area contributed by atoms with Crippen LogP contribution in [0.2, 0.25) is 0 Å². The van der Waals surface area contributed by atoms with Gasteiger partial charge in [-0.2, -0.15) is 0 Å². The molecule has 0 fully saturated rings. The van der Waals surface area contributed by atoms with Gasteiger partial charge < -0.3 is 0 Å². The lowest BCUT2D eigenvalue weighted by Gasteiger charge is -2.09. The number of ketones is 1. The van der Waals surface area contributed by atoms with E-state index in [-0.39, 0.29) is 11.7 Å². The number of Topliss-reactive ketones (excluding diaryl/α,β-unsaturated/α-hetero) is 1. The zero-order valence-electron chi connectivity index (χ0n) is 5.40. The van der Waals surface area contributed by atoms with Crippen LogP contribution in [0.25, 0.3) is 0 Å². The van der Waals surface area contributed by atoms with Crippen molar-refractivity contribution >= 4 is 33.3 Å². The van der Waals surface area contributed by atoms with Gasteiger partial charge in [-0.25, -0.2) is 0 Å². The Hall–Kier alpha value is -0.0800. The number of rotatable bonds is 0. The maximum atomic E-state index is 11.0. The highest BCUT2D eigenvalue weighted by Gasteiger charge is 2.18. The first kappa shape index (κ1) is 8.02. The first-order valence-corrected chi connectivity index (χ1v) is 4.07. The molecule has 0 radical (unpaired) electrons. The number of carbonyl (C=O) groups is 1. The van der Waals surface area contributed by atoms with Crippen LogP contribution in [0, 0.1) is 5.92 Å². The van der Waals surface area contributed by atoms with E-state index >= 15 is 0 Å². The van der Waals surface area contributed by atoms with E-state index in [2.05, 4.69) is 15.9 Å². The van der Waals surface area contributed by atoms with Crippen molar-refractivity contribution in [1.29, 1.82) is 0 Å². The van der Waals surface area contributed by atoms with E-state index in [9.17, 15) is 4.79 Å². The molecule has 54 valence electrons. The van der Waals surface area contributed by atoms with Crippen molar-refractivity contribution in [2.75, 3.05) is 0 Å². The first-order chi connectivity index (χ1) is 4.61. The number of carbonyl (C=O) groups excluding carboxylic acids is 1. The third-order valence-corrected chi connectivity index (χ3v) is 2.11. The molecule has 0 N–H and O–H groups in total. The summed E-state index contributed by atoms with van der Waals surface area (Å²) in [4.78, 5) is 11.0. The Labute approximate surface area is 72.9 Å². The topological polar surface area (TPSA) is 17.1 Å². The Kier molecular flexibility index (Phi) is 2.32. The zero-order valence-corrected chi connectivity index (χ0v) is 7.74. The van der Waals surface area contributed by atoms with Crippen molar-refractivity contribution in [1.82, 2.24) is 0 Å². The van der Waals surface area contributed by atoms with E-state index in [0.29, 0.717) is 5.03 Å². The highest BCUT2D eigenvalue weighted by molar-refractivity contribution is 9.11. The summed E-state index contributed by atoms with van der Waals surface area (Å²) in [7, 11) is 0. The van der Waals surface area contributed by atoms with E-state index in [0.717, 1.165) is 4.48 Å². The second kappa shape index (κ2) is 2.89. The monoisotopic (exact) mass is 220 g/mol. The summed E-state index contributed by atoms with van der Waals surface area (Å²) in [5, 5.41) is 0.307. The molecule has 0 aromatic carbocycles. The summed E-state index contributed by atoms with van der Waals surface area (Å²) < 4.78 is 0.879. The molecule has 0 bridgehead atoms. The minimum absolute atomic E-state index is 0.00938. The van der Waals surface area contributed by atoms with Gasteiger partial charge in [-0.1, -0.05) is 40.5 Å². The van der Waals surface area contributed by atoms with Crippen LogP contribution in [-0.2, 0) is 4.79 Å². The summed E-state index contributed by atoms with van der Waals surface area (Å²) in [5.74, 6) is -0.100.